The van der Waals surface area contributed by atoms with Crippen molar-refractivity contribution in [1.82, 2.24) is 25.0 Å². The molecule has 0 aliphatic carbocycles. The molecule has 2 aromatic heterocycles. The van der Waals surface area contributed by atoms with E-state index in [-0.39, 0.29) is 5.91 Å². The summed E-state index contributed by atoms with van der Waals surface area (Å²) >= 11 is 6.94. The summed E-state index contributed by atoms with van der Waals surface area (Å²) in [4.78, 5) is 16.0. The van der Waals surface area contributed by atoms with Crippen LogP contribution in [-0.2, 0) is 16.1 Å². The van der Waals surface area contributed by atoms with Gasteiger partial charge in [-0.3, -0.25) is 19.4 Å². The maximum atomic E-state index is 12.5. The number of carbonyl (C=O) groups excluding carboxylic acids is 1. The van der Waals surface area contributed by atoms with Gasteiger partial charge in [-0.1, -0.05) is 19.9 Å². The molecule has 1 aliphatic heterocycles. The molecule has 1 fully saturated rings. The average molecular weight is 424 g/mol. The van der Waals surface area contributed by atoms with Crippen molar-refractivity contribution in [2.24, 2.45) is 5.92 Å². The number of aromatic amines is 1. The molecule has 2 N–H and O–H groups in total. The van der Waals surface area contributed by atoms with Crippen LogP contribution < -0.4 is 5.32 Å². The summed E-state index contributed by atoms with van der Waals surface area (Å²) in [6, 6.07) is 4.34. The van der Waals surface area contributed by atoms with E-state index in [0.717, 1.165) is 43.4 Å². The van der Waals surface area contributed by atoms with Gasteiger partial charge in [0.15, 0.2) is 10.6 Å². The van der Waals surface area contributed by atoms with E-state index < -0.39 is 0 Å². The molecule has 0 bridgehead atoms. The lowest BCUT2D eigenvalue weighted by molar-refractivity contribution is -0.121. The summed E-state index contributed by atoms with van der Waals surface area (Å²) in [6.07, 6.45) is 1.44. The fourth-order valence-electron chi connectivity index (χ4n) is 3.50. The standard InChI is InChI=1S/C19H29N5O2S2/c1-14(2)12-15(23-7-9-26-10-8-23)13-20-17(25)5-6-24-18(21-22-19(24)27)16-4-3-11-28-16/h3-4,11,14-15H,5-10,12-13H2,1-2H3,(H,20,25)(H,22,27)/t15-/m1/s1. The number of H-pyrrole nitrogens is 1. The molecule has 0 unspecified atom stereocenters. The molecule has 1 aliphatic rings. The zero-order chi connectivity index (χ0) is 19.9. The van der Waals surface area contributed by atoms with Gasteiger partial charge in [0.25, 0.3) is 0 Å². The summed E-state index contributed by atoms with van der Waals surface area (Å²) in [6.45, 7) is 9.04. The number of carbonyl (C=O) groups is 1. The Morgan fingerprint density at radius 2 is 2.21 bits per heavy atom. The molecular formula is C19H29N5O2S2. The number of nitrogens with zero attached hydrogens (tertiary/aromatic N) is 3. The molecule has 1 amide bonds. The van der Waals surface area contributed by atoms with E-state index in [4.69, 9.17) is 17.0 Å². The number of rotatable bonds is 9. The number of hydrogen-bond acceptors (Lipinski definition) is 6. The van der Waals surface area contributed by atoms with E-state index in [1.54, 1.807) is 11.3 Å². The summed E-state index contributed by atoms with van der Waals surface area (Å²) in [5.74, 6) is 1.42. The van der Waals surface area contributed by atoms with Crippen molar-refractivity contribution in [2.45, 2.75) is 39.3 Å². The molecule has 9 heteroatoms. The summed E-state index contributed by atoms with van der Waals surface area (Å²) < 4.78 is 7.90. The number of morpholine rings is 1. The van der Waals surface area contributed by atoms with Crippen LogP contribution in [0.5, 0.6) is 0 Å². The molecule has 0 aromatic carbocycles. The Morgan fingerprint density at radius 1 is 1.43 bits per heavy atom. The minimum Gasteiger partial charge on any atom is -0.379 e. The zero-order valence-corrected chi connectivity index (χ0v) is 18.2. The normalized spacial score (nSPS) is 16.4. The SMILES string of the molecule is CC(C)C[C@H](CNC(=O)CCn1c(-c2cccs2)n[nH]c1=S)N1CCOCC1. The van der Waals surface area contributed by atoms with Crippen molar-refractivity contribution in [3.8, 4) is 10.7 Å². The van der Waals surface area contributed by atoms with Crippen molar-refractivity contribution >= 4 is 29.5 Å². The lowest BCUT2D eigenvalue weighted by Gasteiger charge is -2.35. The van der Waals surface area contributed by atoms with Gasteiger partial charge in [-0.25, -0.2) is 0 Å². The molecule has 3 rings (SSSR count). The third-order valence-corrected chi connectivity index (χ3v) is 6.08. The molecule has 1 saturated heterocycles. The molecule has 3 heterocycles. The maximum Gasteiger partial charge on any atom is 0.221 e. The van der Waals surface area contributed by atoms with Crippen molar-refractivity contribution in [3.63, 3.8) is 0 Å². The van der Waals surface area contributed by atoms with Gasteiger partial charge < -0.3 is 10.1 Å². The highest BCUT2D eigenvalue weighted by Crippen LogP contribution is 2.22. The highest BCUT2D eigenvalue weighted by molar-refractivity contribution is 7.71. The predicted molar refractivity (Wildman–Crippen MR) is 114 cm³/mol. The van der Waals surface area contributed by atoms with Crippen LogP contribution >= 0.6 is 23.6 Å². The number of hydrogen-bond donors (Lipinski definition) is 2. The molecule has 2 aromatic rings. The van der Waals surface area contributed by atoms with Gasteiger partial charge in [-0.15, -0.1) is 11.3 Å². The van der Waals surface area contributed by atoms with Crippen molar-refractivity contribution < 1.29 is 9.53 Å². The van der Waals surface area contributed by atoms with Gasteiger partial charge in [-0.2, -0.15) is 5.10 Å². The monoisotopic (exact) mass is 423 g/mol. The Balaban J connectivity index is 1.54. The number of amides is 1. The third kappa shape index (κ3) is 5.73. The van der Waals surface area contributed by atoms with Crippen LogP contribution in [0.2, 0.25) is 0 Å². The van der Waals surface area contributed by atoms with Crippen LogP contribution in [0.1, 0.15) is 26.7 Å². The molecule has 7 nitrogen and oxygen atoms in total. The Bertz CT molecular complexity index is 794. The summed E-state index contributed by atoms with van der Waals surface area (Å²) in [5.41, 5.74) is 0. The Morgan fingerprint density at radius 3 is 2.89 bits per heavy atom. The third-order valence-electron chi connectivity index (χ3n) is 4.90. The van der Waals surface area contributed by atoms with E-state index >= 15 is 0 Å². The largest absolute Gasteiger partial charge is 0.379 e. The highest BCUT2D eigenvalue weighted by atomic mass is 32.1. The minimum absolute atomic E-state index is 0.0437. The van der Waals surface area contributed by atoms with Crippen molar-refractivity contribution in [2.75, 3.05) is 32.8 Å². The van der Waals surface area contributed by atoms with Crippen LogP contribution in [-0.4, -0.2) is 64.5 Å². The van der Waals surface area contributed by atoms with E-state index in [2.05, 4.69) is 34.3 Å². The van der Waals surface area contributed by atoms with Crippen LogP contribution in [0.3, 0.4) is 0 Å². The predicted octanol–water partition coefficient (Wildman–Crippen LogP) is 2.92. The molecule has 0 saturated carbocycles. The van der Waals surface area contributed by atoms with Crippen LogP contribution in [0.15, 0.2) is 17.5 Å². The minimum atomic E-state index is 0.0437. The van der Waals surface area contributed by atoms with Crippen molar-refractivity contribution in [1.29, 1.82) is 0 Å². The van der Waals surface area contributed by atoms with Crippen LogP contribution in [0.25, 0.3) is 10.7 Å². The highest BCUT2D eigenvalue weighted by Gasteiger charge is 2.22. The van der Waals surface area contributed by atoms with Gasteiger partial charge in [0.05, 0.1) is 18.1 Å². The molecule has 28 heavy (non-hydrogen) atoms. The lowest BCUT2D eigenvalue weighted by Crippen LogP contribution is -2.49. The first-order chi connectivity index (χ1) is 13.5. The Hall–Kier alpha value is -1.55. The quantitative estimate of drug-likeness (QED) is 0.607. The number of nitrogens with one attached hydrogen (secondary N) is 2. The van der Waals surface area contributed by atoms with Crippen LogP contribution in [0.4, 0.5) is 0 Å². The van der Waals surface area contributed by atoms with Crippen LogP contribution in [0, 0.1) is 10.7 Å². The van der Waals surface area contributed by atoms with E-state index in [1.165, 1.54) is 0 Å². The fourth-order valence-corrected chi connectivity index (χ4v) is 4.45. The zero-order valence-electron chi connectivity index (χ0n) is 16.5. The van der Waals surface area contributed by atoms with Gasteiger partial charge in [0.2, 0.25) is 5.91 Å². The first-order valence-electron chi connectivity index (χ1n) is 9.82. The molecule has 154 valence electrons. The Labute approximate surface area is 175 Å². The van der Waals surface area contributed by atoms with Crippen molar-refractivity contribution in [3.05, 3.63) is 22.3 Å². The second-order valence-electron chi connectivity index (χ2n) is 7.47. The second kappa shape index (κ2) is 10.3. The second-order valence-corrected chi connectivity index (χ2v) is 8.80. The number of ether oxygens (including phenoxy) is 1. The van der Waals surface area contributed by atoms with E-state index in [9.17, 15) is 4.79 Å². The van der Waals surface area contributed by atoms with E-state index in [1.807, 2.05) is 22.1 Å². The van der Waals surface area contributed by atoms with Gasteiger partial charge in [0, 0.05) is 38.6 Å². The summed E-state index contributed by atoms with van der Waals surface area (Å²) in [5, 5.41) is 12.3. The van der Waals surface area contributed by atoms with Gasteiger partial charge in [0.1, 0.15) is 0 Å². The van der Waals surface area contributed by atoms with Gasteiger partial charge in [-0.05, 0) is 36.0 Å². The van der Waals surface area contributed by atoms with E-state index in [0.29, 0.717) is 36.2 Å². The first kappa shape index (κ1) is 21.2. The maximum absolute atomic E-state index is 12.5. The smallest absolute Gasteiger partial charge is 0.221 e. The summed E-state index contributed by atoms with van der Waals surface area (Å²) in [7, 11) is 0. The molecular weight excluding hydrogens is 394 g/mol. The first-order valence-corrected chi connectivity index (χ1v) is 11.1. The lowest BCUT2D eigenvalue weighted by atomic mass is 10.0. The topological polar surface area (TPSA) is 75.2 Å². The molecule has 0 spiro atoms. The average Bonchev–Trinajstić information content (AvgIpc) is 3.33. The molecule has 0 radical (unpaired) electrons. The molecule has 1 atom stereocenters. The number of aromatic nitrogens is 3. The fraction of sp³-hybridized carbons (Fsp3) is 0.632. The number of thiophene rings is 1. The van der Waals surface area contributed by atoms with Gasteiger partial charge >= 0.3 is 0 Å². The Kier molecular flexibility index (Phi) is 7.78.